The lowest BCUT2D eigenvalue weighted by molar-refractivity contribution is -0.155. The van der Waals surface area contributed by atoms with Crippen molar-refractivity contribution < 1.29 is 41.8 Å². The molecule has 6 heterocycles. The van der Waals surface area contributed by atoms with E-state index in [1.165, 1.54) is 20.9 Å². The van der Waals surface area contributed by atoms with Crippen molar-refractivity contribution in [2.75, 3.05) is 71.6 Å². The minimum atomic E-state index is -4.59. The molecule has 14 nitrogen and oxygen atoms in total. The van der Waals surface area contributed by atoms with Gasteiger partial charge in [-0.1, -0.05) is 26.8 Å². The number of alkyl halides is 3. The molecule has 23 heteroatoms. The number of carbonyl (C=O) groups is 3. The molecule has 2 amide bonds. The van der Waals surface area contributed by atoms with Crippen LogP contribution in [0.4, 0.5) is 18.9 Å². The van der Waals surface area contributed by atoms with Gasteiger partial charge in [-0.25, -0.2) is 10.4 Å². The van der Waals surface area contributed by atoms with E-state index >= 15 is 0 Å². The molecule has 1 saturated carbocycles. The van der Waals surface area contributed by atoms with E-state index in [1.54, 1.807) is 32.5 Å². The van der Waals surface area contributed by atoms with Crippen LogP contribution in [0.2, 0.25) is 0 Å². The maximum atomic E-state index is 14.9. The number of hydrogen-bond donors (Lipinski definition) is 2. The number of hydrazine groups is 1. The molecule has 4 aliphatic rings. The fourth-order valence-corrected chi connectivity index (χ4v) is 10.1. The van der Waals surface area contributed by atoms with Crippen molar-refractivity contribution in [3.05, 3.63) is 52.1 Å². The van der Waals surface area contributed by atoms with Crippen LogP contribution in [0.25, 0.3) is 33.4 Å². The van der Waals surface area contributed by atoms with Gasteiger partial charge in [-0.2, -0.15) is 80.6 Å². The number of esters is 1. The van der Waals surface area contributed by atoms with Crippen molar-refractivity contribution in [2.45, 2.75) is 90.7 Å². The molecule has 5 atom stereocenters. The summed E-state index contributed by atoms with van der Waals surface area (Å²) in [5.41, 5.74) is 6.80. The minimum absolute atomic E-state index is 0. The van der Waals surface area contributed by atoms with Gasteiger partial charge in [0.2, 0.25) is 5.91 Å². The summed E-state index contributed by atoms with van der Waals surface area (Å²) < 4.78 is 63.3. The predicted octanol–water partition coefficient (Wildman–Crippen LogP) is 6.73. The lowest BCUT2D eigenvalue weighted by Gasteiger charge is -2.36. The molecule has 8 rings (SSSR count). The van der Waals surface area contributed by atoms with Gasteiger partial charge in [-0.05, 0) is 62.3 Å². The average molecular weight is 1080 g/mol. The number of rotatable bonds is 10. The average Bonchev–Trinajstić information content (AvgIpc) is 3.72. The third-order valence-electron chi connectivity index (χ3n) is 13.0. The highest BCUT2D eigenvalue weighted by molar-refractivity contribution is 7.60. The third kappa shape index (κ3) is 14.0. The van der Waals surface area contributed by atoms with Crippen LogP contribution in [-0.2, 0) is 48.0 Å². The Bertz CT molecular complexity index is 2380. The van der Waals surface area contributed by atoms with Gasteiger partial charge >= 0.3 is 12.1 Å². The molecule has 3 aliphatic heterocycles. The smallest absolute Gasteiger partial charge is 0.406 e. The Morgan fingerprint density at radius 1 is 1.06 bits per heavy atom. The molecule has 3 fully saturated rings. The molecule has 2 saturated heterocycles. The number of cyclic esters (lactones) is 1. The van der Waals surface area contributed by atoms with Crippen LogP contribution in [0.1, 0.15) is 69.3 Å². The largest absolute Gasteiger partial charge is 0.464 e. The van der Waals surface area contributed by atoms with E-state index in [1.807, 2.05) is 45.2 Å². The summed E-state index contributed by atoms with van der Waals surface area (Å²) in [6, 6.07) is 5.57. The van der Waals surface area contributed by atoms with Crippen LogP contribution in [0, 0.1) is 17.3 Å². The van der Waals surface area contributed by atoms with Crippen molar-refractivity contribution >= 4 is 113 Å². The molecule has 69 heavy (non-hydrogen) atoms. The minimum Gasteiger partial charge on any atom is -0.464 e. The first-order valence-electron chi connectivity index (χ1n) is 22.2. The second kappa shape index (κ2) is 25.2. The SMILES string of the molecule is COCCN1CCN(c2cnc([C@H](C)OC)c(-c3c4c5cc(ccc5n3CC(F)(F)F)-c3csc(n3)C[C@H](NC(=O)[C@H]3C[C@@H]3C)C(=O)N3CCC[C@H](N3)C(=O)OCC(C)(C)C4)c2)CC1.S.S.S.S.S. The van der Waals surface area contributed by atoms with Crippen LogP contribution in [0.5, 0.6) is 0 Å². The zero-order valence-corrected chi connectivity index (χ0v) is 45.7. The van der Waals surface area contributed by atoms with E-state index in [9.17, 15) is 27.6 Å². The fourth-order valence-electron chi connectivity index (χ4n) is 9.20. The monoisotopic (exact) mass is 1080 g/mol. The number of carbonyl (C=O) groups excluding carboxylic acids is 3. The zero-order chi connectivity index (χ0) is 45.5. The van der Waals surface area contributed by atoms with E-state index in [0.717, 1.165) is 31.7 Å². The molecule has 0 radical (unpaired) electrons. The number of fused-ring (bicyclic) bond motifs is 6. The number of thiazole rings is 1. The van der Waals surface area contributed by atoms with E-state index < -0.39 is 42.3 Å². The van der Waals surface area contributed by atoms with E-state index in [0.29, 0.717) is 88.8 Å². The quantitative estimate of drug-likeness (QED) is 0.163. The molecule has 0 unspecified atom stereocenters. The number of benzene rings is 1. The molecule has 2 N–H and O–H groups in total. The van der Waals surface area contributed by atoms with E-state index in [2.05, 4.69) is 20.5 Å². The van der Waals surface area contributed by atoms with Gasteiger partial charge in [-0.3, -0.25) is 29.3 Å². The first-order chi connectivity index (χ1) is 30.5. The number of amides is 2. The number of nitrogens with zero attached hydrogens (tertiary/aromatic N) is 6. The van der Waals surface area contributed by atoms with Crippen molar-refractivity contribution in [3.63, 3.8) is 0 Å². The van der Waals surface area contributed by atoms with Crippen LogP contribution < -0.4 is 15.6 Å². The molecular formula is C46H69F3N8O6S6. The summed E-state index contributed by atoms with van der Waals surface area (Å²) in [4.78, 5) is 55.6. The third-order valence-corrected chi connectivity index (χ3v) is 13.9. The van der Waals surface area contributed by atoms with Gasteiger partial charge < -0.3 is 29.0 Å². The number of halogens is 3. The van der Waals surface area contributed by atoms with E-state index in [4.69, 9.17) is 24.2 Å². The number of hydrogen-bond acceptors (Lipinski definition) is 12. The first-order valence-corrected chi connectivity index (χ1v) is 23.1. The van der Waals surface area contributed by atoms with Gasteiger partial charge in [0.1, 0.15) is 18.6 Å². The molecule has 4 aromatic rings. The van der Waals surface area contributed by atoms with Gasteiger partial charge in [0.25, 0.3) is 5.91 Å². The number of piperazine rings is 1. The van der Waals surface area contributed by atoms with Gasteiger partial charge in [-0.15, -0.1) is 11.3 Å². The fraction of sp³-hybridized carbons (Fsp3) is 0.587. The van der Waals surface area contributed by atoms with E-state index in [-0.39, 0.29) is 111 Å². The van der Waals surface area contributed by atoms with Crippen LogP contribution in [0.15, 0.2) is 35.8 Å². The van der Waals surface area contributed by atoms with Gasteiger partial charge in [0.05, 0.1) is 53.3 Å². The summed E-state index contributed by atoms with van der Waals surface area (Å²) in [7, 11) is 3.24. The highest BCUT2D eigenvalue weighted by Gasteiger charge is 2.42. The van der Waals surface area contributed by atoms with Gasteiger partial charge in [0, 0.05) is 98.7 Å². The number of aromatic nitrogens is 3. The van der Waals surface area contributed by atoms with Crippen LogP contribution in [-0.4, -0.2) is 127 Å². The molecule has 0 spiro atoms. The predicted molar refractivity (Wildman–Crippen MR) is 289 cm³/mol. The lowest BCUT2D eigenvalue weighted by Crippen LogP contribution is -2.60. The second-order valence-electron chi connectivity index (χ2n) is 18.6. The number of pyridine rings is 1. The maximum absolute atomic E-state index is 14.9. The molecule has 1 aliphatic carbocycles. The Morgan fingerprint density at radius 3 is 2.42 bits per heavy atom. The Balaban J connectivity index is 0.00000252. The summed E-state index contributed by atoms with van der Waals surface area (Å²) in [5.74, 6) is -1.04. The Hall–Kier alpha value is -2.87. The Labute approximate surface area is 441 Å². The Morgan fingerprint density at radius 2 is 1.77 bits per heavy atom. The lowest BCUT2D eigenvalue weighted by atomic mass is 9.84. The molecule has 6 bridgehead atoms. The summed E-state index contributed by atoms with van der Waals surface area (Å²) >= 11 is 1.35. The highest BCUT2D eigenvalue weighted by Crippen LogP contribution is 2.44. The number of ether oxygens (including phenoxy) is 3. The number of nitrogens with one attached hydrogen (secondary N) is 2. The van der Waals surface area contributed by atoms with Crippen molar-refractivity contribution in [2.24, 2.45) is 17.3 Å². The second-order valence-corrected chi connectivity index (χ2v) is 19.5. The normalized spacial score (nSPS) is 22.0. The van der Waals surface area contributed by atoms with Gasteiger partial charge in [0.15, 0.2) is 0 Å². The maximum Gasteiger partial charge on any atom is 0.406 e. The van der Waals surface area contributed by atoms with Crippen molar-refractivity contribution in [3.8, 4) is 22.5 Å². The zero-order valence-electron chi connectivity index (χ0n) is 39.9. The summed E-state index contributed by atoms with van der Waals surface area (Å²) in [6.45, 7) is 11.1. The van der Waals surface area contributed by atoms with Crippen molar-refractivity contribution in [1.82, 2.24) is 35.2 Å². The molecule has 386 valence electrons. The molecule has 3 aromatic heterocycles. The standard InChI is InChI=1S/C46H59F3N8O6S.5H2S/c1-27-18-31(27)42(58)52-36-21-39-51-37(24-64-39)29-9-10-38-32(19-29)34(22-45(3,4)26-63-44(60)35-8-7-11-57(53-35)43(36)59)41(56(38)25-46(47,48)49)33-20-30(23-50-40(33)28(2)62-6)55-14-12-54(13-15-55)16-17-61-5;;;;;/h9-10,19-20,23-24,27-28,31,35-36,53H,7-8,11-18,21-22,25-26H2,1-6H3,(H,52,58);5*1H2/t27-,28-,31-,35-,36-;;;;;/m0...../s1. The first kappa shape index (κ1) is 60.4. The summed E-state index contributed by atoms with van der Waals surface area (Å²) in [5, 5.41) is 7.47. The summed E-state index contributed by atoms with van der Waals surface area (Å²) in [6.07, 6.45) is -1.31. The topological polar surface area (TPSA) is 143 Å². The number of anilines is 1. The molecular weight excluding hydrogens is 1010 g/mol. The molecule has 1 aromatic carbocycles. The van der Waals surface area contributed by atoms with Crippen LogP contribution in [0.3, 0.4) is 0 Å². The highest BCUT2D eigenvalue weighted by atomic mass is 32.1. The van der Waals surface area contributed by atoms with Crippen LogP contribution >= 0.6 is 78.8 Å². The Kier molecular flexibility index (Phi) is 22.1. The number of methoxy groups -OCH3 is 2. The van der Waals surface area contributed by atoms with Crippen molar-refractivity contribution in [1.29, 1.82) is 0 Å².